The molecule has 0 aliphatic carbocycles. The Kier molecular flexibility index (Phi) is 7.33. The summed E-state index contributed by atoms with van der Waals surface area (Å²) in [5, 5.41) is 7.86. The average Bonchev–Trinajstić information content (AvgIpc) is 2.84. The van der Waals surface area contributed by atoms with Crippen LogP contribution in [0.2, 0.25) is 0 Å². The van der Waals surface area contributed by atoms with Gasteiger partial charge >= 0.3 is 0 Å². The van der Waals surface area contributed by atoms with Crippen molar-refractivity contribution in [2.75, 3.05) is 43.5 Å². The van der Waals surface area contributed by atoms with Gasteiger partial charge in [-0.1, -0.05) is 24.3 Å². The number of nitrogens with zero attached hydrogens (tertiary/aromatic N) is 2. The number of ether oxygens (including phenoxy) is 1. The molecular formula is C25H25BrN4O3S. The molecule has 9 heteroatoms. The zero-order chi connectivity index (χ0) is 24.2. The van der Waals surface area contributed by atoms with E-state index in [0.717, 1.165) is 52.8 Å². The molecule has 3 aromatic rings. The zero-order valence-electron chi connectivity index (χ0n) is 18.9. The molecule has 0 saturated carbocycles. The second-order valence-electron chi connectivity index (χ2n) is 7.94. The Balaban J connectivity index is 1.40. The van der Waals surface area contributed by atoms with Crippen LogP contribution in [0.4, 0.5) is 11.4 Å². The van der Waals surface area contributed by atoms with Crippen molar-refractivity contribution in [2.45, 2.75) is 6.92 Å². The summed E-state index contributed by atoms with van der Waals surface area (Å²) >= 11 is 8.93. The highest BCUT2D eigenvalue weighted by Gasteiger charge is 2.20. The number of hydrogen-bond donors (Lipinski definition) is 2. The number of carbonyl (C=O) groups is 2. The molecule has 1 fully saturated rings. The lowest BCUT2D eigenvalue weighted by Crippen LogP contribution is -2.48. The summed E-state index contributed by atoms with van der Waals surface area (Å²) in [7, 11) is 1.53. The Bertz CT molecular complexity index is 1240. The highest BCUT2D eigenvalue weighted by atomic mass is 79.9. The second-order valence-corrected chi connectivity index (χ2v) is 9.14. The summed E-state index contributed by atoms with van der Waals surface area (Å²) in [5.74, 6) is 0.206. The van der Waals surface area contributed by atoms with E-state index in [4.69, 9.17) is 17.0 Å². The van der Waals surface area contributed by atoms with E-state index < -0.39 is 0 Å². The molecule has 2 amide bonds. The first-order valence-electron chi connectivity index (χ1n) is 10.9. The fourth-order valence-electron chi connectivity index (χ4n) is 4.02. The highest BCUT2D eigenvalue weighted by molar-refractivity contribution is 9.10. The first kappa shape index (κ1) is 24.0. The number of benzene rings is 3. The predicted molar refractivity (Wildman–Crippen MR) is 143 cm³/mol. The number of amides is 2. The molecular weight excluding hydrogens is 516 g/mol. The van der Waals surface area contributed by atoms with E-state index in [-0.39, 0.29) is 16.9 Å². The van der Waals surface area contributed by atoms with Gasteiger partial charge in [0.15, 0.2) is 5.11 Å². The van der Waals surface area contributed by atoms with Crippen LogP contribution in [0.25, 0.3) is 10.8 Å². The molecule has 3 aromatic carbocycles. The lowest BCUT2D eigenvalue weighted by atomic mass is 10.1. The summed E-state index contributed by atoms with van der Waals surface area (Å²) < 4.78 is 6.22. The Hall–Kier alpha value is -3.17. The van der Waals surface area contributed by atoms with Gasteiger partial charge < -0.3 is 19.9 Å². The normalized spacial score (nSPS) is 13.5. The fraction of sp³-hybridized carbons (Fsp3) is 0.240. The molecule has 1 aliphatic heterocycles. The van der Waals surface area contributed by atoms with Crippen molar-refractivity contribution < 1.29 is 14.3 Å². The molecule has 0 unspecified atom stereocenters. The molecule has 1 saturated heterocycles. The number of halogens is 1. The number of hydrogen-bond acceptors (Lipinski definition) is 5. The number of thiocarbonyl (C=S) groups is 1. The highest BCUT2D eigenvalue weighted by Crippen LogP contribution is 2.36. The Morgan fingerprint density at radius 3 is 2.35 bits per heavy atom. The number of anilines is 2. The molecule has 0 radical (unpaired) electrons. The largest absolute Gasteiger partial charge is 0.495 e. The second kappa shape index (κ2) is 10.4. The van der Waals surface area contributed by atoms with Crippen LogP contribution in [-0.2, 0) is 4.79 Å². The van der Waals surface area contributed by atoms with E-state index in [9.17, 15) is 9.59 Å². The maximum absolute atomic E-state index is 13.0. The van der Waals surface area contributed by atoms with Crippen molar-refractivity contribution in [3.8, 4) is 5.75 Å². The fourth-order valence-corrected chi connectivity index (χ4v) is 4.97. The molecule has 0 spiro atoms. The third kappa shape index (κ3) is 5.15. The van der Waals surface area contributed by atoms with Gasteiger partial charge in [-0.3, -0.25) is 14.9 Å². The van der Waals surface area contributed by atoms with E-state index in [0.29, 0.717) is 11.3 Å². The van der Waals surface area contributed by atoms with Crippen LogP contribution in [0.3, 0.4) is 0 Å². The van der Waals surface area contributed by atoms with E-state index in [1.165, 1.54) is 7.11 Å². The van der Waals surface area contributed by atoms with Crippen molar-refractivity contribution in [3.05, 3.63) is 64.6 Å². The lowest BCUT2D eigenvalue weighted by molar-refractivity contribution is -0.129. The third-order valence-corrected chi connectivity index (χ3v) is 6.82. The van der Waals surface area contributed by atoms with Gasteiger partial charge in [-0.2, -0.15) is 0 Å². The van der Waals surface area contributed by atoms with Crippen LogP contribution in [-0.4, -0.2) is 55.1 Å². The molecule has 1 heterocycles. The Morgan fingerprint density at radius 2 is 1.71 bits per heavy atom. The first-order chi connectivity index (χ1) is 16.4. The summed E-state index contributed by atoms with van der Waals surface area (Å²) in [6, 6.07) is 17.4. The van der Waals surface area contributed by atoms with Crippen LogP contribution >= 0.6 is 28.1 Å². The molecule has 0 aromatic heterocycles. The minimum atomic E-state index is -0.360. The minimum absolute atomic E-state index is 0.114. The quantitative estimate of drug-likeness (QED) is 0.477. The molecule has 2 N–H and O–H groups in total. The van der Waals surface area contributed by atoms with E-state index in [1.54, 1.807) is 13.0 Å². The van der Waals surface area contributed by atoms with Gasteiger partial charge in [0.25, 0.3) is 5.91 Å². The van der Waals surface area contributed by atoms with Crippen molar-refractivity contribution >= 4 is 67.2 Å². The van der Waals surface area contributed by atoms with Crippen molar-refractivity contribution in [2.24, 2.45) is 0 Å². The number of methoxy groups -OCH3 is 1. The minimum Gasteiger partial charge on any atom is -0.495 e. The molecule has 34 heavy (non-hydrogen) atoms. The summed E-state index contributed by atoms with van der Waals surface area (Å²) in [5.41, 5.74) is 2.23. The smallest absolute Gasteiger partial charge is 0.261 e. The van der Waals surface area contributed by atoms with Crippen LogP contribution in [0.15, 0.2) is 59.1 Å². The van der Waals surface area contributed by atoms with Gasteiger partial charge in [-0.15, -0.1) is 0 Å². The molecule has 4 rings (SSSR count). The first-order valence-corrected chi connectivity index (χ1v) is 12.1. The van der Waals surface area contributed by atoms with Gasteiger partial charge in [-0.05, 0) is 69.3 Å². The number of fused-ring (bicyclic) bond motifs is 1. The maximum atomic E-state index is 13.0. The van der Waals surface area contributed by atoms with Crippen LogP contribution in [0.5, 0.6) is 5.75 Å². The van der Waals surface area contributed by atoms with Gasteiger partial charge in [-0.25, -0.2) is 0 Å². The Morgan fingerprint density at radius 1 is 1.03 bits per heavy atom. The van der Waals surface area contributed by atoms with Gasteiger partial charge in [0.2, 0.25) is 5.91 Å². The van der Waals surface area contributed by atoms with E-state index in [2.05, 4.69) is 31.5 Å². The number of rotatable bonds is 4. The predicted octanol–water partition coefficient (Wildman–Crippen LogP) is 4.41. The number of nitrogens with one attached hydrogen (secondary N) is 2. The zero-order valence-corrected chi connectivity index (χ0v) is 21.3. The monoisotopic (exact) mass is 540 g/mol. The molecule has 0 bridgehead atoms. The van der Waals surface area contributed by atoms with Gasteiger partial charge in [0, 0.05) is 44.5 Å². The summed E-state index contributed by atoms with van der Waals surface area (Å²) in [6.45, 7) is 4.64. The molecule has 176 valence electrons. The maximum Gasteiger partial charge on any atom is 0.261 e. The van der Waals surface area contributed by atoms with Crippen molar-refractivity contribution in [1.29, 1.82) is 0 Å². The topological polar surface area (TPSA) is 73.9 Å². The van der Waals surface area contributed by atoms with Crippen LogP contribution in [0.1, 0.15) is 17.3 Å². The number of carbonyl (C=O) groups excluding carboxylic acids is 2. The molecule has 1 aliphatic rings. The van der Waals surface area contributed by atoms with Crippen LogP contribution < -0.4 is 20.3 Å². The summed E-state index contributed by atoms with van der Waals surface area (Å²) in [4.78, 5) is 28.6. The number of piperazine rings is 1. The summed E-state index contributed by atoms with van der Waals surface area (Å²) in [6.07, 6.45) is 0. The van der Waals surface area contributed by atoms with Gasteiger partial charge in [0.05, 0.1) is 17.1 Å². The lowest BCUT2D eigenvalue weighted by Gasteiger charge is -2.35. The van der Waals surface area contributed by atoms with Crippen molar-refractivity contribution in [3.63, 3.8) is 0 Å². The van der Waals surface area contributed by atoms with E-state index >= 15 is 0 Å². The average molecular weight is 541 g/mol. The standard InChI is InChI=1S/C25H25BrN4O3S/c1-16(31)29-11-13-30(14-12-29)19-9-7-18(8-10-19)27-25(34)28-24(32)21-15-17-5-3-4-6-20(17)22(26)23(21)33-2/h3-10,15H,11-14H2,1-2H3,(H2,27,28,32,34). The van der Waals surface area contributed by atoms with E-state index in [1.807, 2.05) is 53.4 Å². The van der Waals surface area contributed by atoms with Crippen LogP contribution in [0, 0.1) is 0 Å². The third-order valence-electron chi connectivity index (χ3n) is 5.83. The van der Waals surface area contributed by atoms with Gasteiger partial charge in [0.1, 0.15) is 5.75 Å². The molecule has 7 nitrogen and oxygen atoms in total. The SMILES string of the molecule is COc1c(C(=O)NC(=S)Nc2ccc(N3CCN(C(C)=O)CC3)cc2)cc2ccccc2c1Br. The molecule has 0 atom stereocenters. The Labute approximate surface area is 212 Å². The van der Waals surface area contributed by atoms with Crippen molar-refractivity contribution in [1.82, 2.24) is 10.2 Å².